The average Bonchev–Trinajstić information content (AvgIpc) is 2.55. The highest BCUT2D eigenvalue weighted by molar-refractivity contribution is 5.89. The third kappa shape index (κ3) is 4.56. The molecule has 0 aromatic heterocycles. The number of rotatable bonds is 6. The van der Waals surface area contributed by atoms with Crippen molar-refractivity contribution in [2.24, 2.45) is 5.11 Å². The molecule has 0 heterocycles. The molecule has 0 amide bonds. The number of nitrogens with zero attached hydrogens (tertiary/aromatic N) is 3. The van der Waals surface area contributed by atoms with E-state index in [0.29, 0.717) is 11.3 Å². The van der Waals surface area contributed by atoms with Crippen LogP contribution in [0.1, 0.15) is 15.9 Å². The highest BCUT2D eigenvalue weighted by atomic mass is 16.5. The van der Waals surface area contributed by atoms with E-state index in [0.717, 1.165) is 5.56 Å². The Morgan fingerprint density at radius 3 is 2.48 bits per heavy atom. The summed E-state index contributed by atoms with van der Waals surface area (Å²) in [5, 5.41) is 3.27. The molecule has 106 valence electrons. The van der Waals surface area contributed by atoms with Crippen LogP contribution in [0.4, 0.5) is 0 Å². The molecule has 0 unspecified atom stereocenters. The first kappa shape index (κ1) is 14.4. The number of benzene rings is 2. The summed E-state index contributed by atoms with van der Waals surface area (Å²) in [7, 11) is 0. The van der Waals surface area contributed by atoms with Crippen LogP contribution in [-0.4, -0.2) is 12.7 Å². The summed E-state index contributed by atoms with van der Waals surface area (Å²) >= 11 is 0. The van der Waals surface area contributed by atoms with Crippen LogP contribution in [0, 0.1) is 0 Å². The monoisotopic (exact) mass is 283 g/mol. The highest BCUT2D eigenvalue weighted by Crippen LogP contribution is 2.13. The van der Waals surface area contributed by atoms with Gasteiger partial charge in [0, 0.05) is 4.91 Å². The van der Waals surface area contributed by atoms with Crippen molar-refractivity contribution in [1.82, 2.24) is 0 Å². The zero-order valence-electron chi connectivity index (χ0n) is 11.2. The van der Waals surface area contributed by atoms with Crippen molar-refractivity contribution >= 4 is 5.97 Å². The predicted octanol–water partition coefficient (Wildman–Crippen LogP) is 3.69. The predicted molar refractivity (Wildman–Crippen MR) is 76.6 cm³/mol. The molecular formula is C15H13N3O3. The van der Waals surface area contributed by atoms with Gasteiger partial charge in [0.05, 0.1) is 5.56 Å². The van der Waals surface area contributed by atoms with Gasteiger partial charge in [0.2, 0.25) is 0 Å². The molecule has 0 atom stereocenters. The summed E-state index contributed by atoms with van der Waals surface area (Å²) in [6.45, 7) is 0.128. The normalized spacial score (nSPS) is 9.52. The Labute approximate surface area is 121 Å². The van der Waals surface area contributed by atoms with Crippen LogP contribution in [0.15, 0.2) is 59.7 Å². The van der Waals surface area contributed by atoms with Gasteiger partial charge in [-0.25, -0.2) is 4.79 Å². The minimum atomic E-state index is -0.362. The third-order valence-corrected chi connectivity index (χ3v) is 2.65. The van der Waals surface area contributed by atoms with Crippen molar-refractivity contribution < 1.29 is 14.3 Å². The molecule has 6 nitrogen and oxygen atoms in total. The van der Waals surface area contributed by atoms with Crippen molar-refractivity contribution in [3.8, 4) is 5.75 Å². The fourth-order valence-corrected chi connectivity index (χ4v) is 1.62. The van der Waals surface area contributed by atoms with Crippen LogP contribution in [0.5, 0.6) is 5.75 Å². The largest absolute Gasteiger partial charge is 0.488 e. The number of esters is 1. The molecule has 2 aromatic rings. The Hall–Kier alpha value is -2.98. The lowest BCUT2D eigenvalue weighted by Gasteiger charge is -2.06. The summed E-state index contributed by atoms with van der Waals surface area (Å²) in [5.74, 6) is 0.222. The Balaban J connectivity index is 1.86. The van der Waals surface area contributed by atoms with Crippen LogP contribution < -0.4 is 4.74 Å². The fourth-order valence-electron chi connectivity index (χ4n) is 1.62. The maximum absolute atomic E-state index is 11.8. The summed E-state index contributed by atoms with van der Waals surface area (Å²) in [4.78, 5) is 14.4. The molecule has 2 rings (SSSR count). The number of carbonyl (C=O) groups excluding carboxylic acids is 1. The lowest BCUT2D eigenvalue weighted by Crippen LogP contribution is -2.04. The maximum atomic E-state index is 11.8. The summed E-state index contributed by atoms with van der Waals surface area (Å²) in [5.41, 5.74) is 9.50. The first-order valence-electron chi connectivity index (χ1n) is 6.24. The minimum Gasteiger partial charge on any atom is -0.488 e. The molecule has 0 radical (unpaired) electrons. The molecule has 21 heavy (non-hydrogen) atoms. The SMILES string of the molecule is [N-]=[N+]=NCOc1ccc(COC(=O)c2ccccc2)cc1. The smallest absolute Gasteiger partial charge is 0.338 e. The maximum Gasteiger partial charge on any atom is 0.338 e. The quantitative estimate of drug-likeness (QED) is 0.350. The summed E-state index contributed by atoms with van der Waals surface area (Å²) in [6.07, 6.45) is 0. The van der Waals surface area contributed by atoms with Gasteiger partial charge in [-0.1, -0.05) is 35.4 Å². The second kappa shape index (κ2) is 7.57. The Morgan fingerprint density at radius 1 is 1.10 bits per heavy atom. The van der Waals surface area contributed by atoms with E-state index in [1.807, 2.05) is 6.07 Å². The lowest BCUT2D eigenvalue weighted by atomic mass is 10.2. The van der Waals surface area contributed by atoms with E-state index < -0.39 is 0 Å². The molecule has 6 heteroatoms. The van der Waals surface area contributed by atoms with E-state index in [1.165, 1.54) is 0 Å². The highest BCUT2D eigenvalue weighted by Gasteiger charge is 2.06. The molecule has 0 aliphatic carbocycles. The number of hydrogen-bond acceptors (Lipinski definition) is 4. The first-order chi connectivity index (χ1) is 10.3. The van der Waals surface area contributed by atoms with E-state index in [9.17, 15) is 4.79 Å². The first-order valence-corrected chi connectivity index (χ1v) is 6.24. The molecule has 0 N–H and O–H groups in total. The van der Waals surface area contributed by atoms with E-state index in [-0.39, 0.29) is 19.3 Å². The van der Waals surface area contributed by atoms with Crippen LogP contribution >= 0.6 is 0 Å². The topological polar surface area (TPSA) is 84.3 Å². The van der Waals surface area contributed by atoms with E-state index in [2.05, 4.69) is 10.0 Å². The van der Waals surface area contributed by atoms with Gasteiger partial charge in [0.25, 0.3) is 0 Å². The van der Waals surface area contributed by atoms with E-state index in [4.69, 9.17) is 15.0 Å². The van der Waals surface area contributed by atoms with Gasteiger partial charge in [-0.3, -0.25) is 0 Å². The van der Waals surface area contributed by atoms with Crippen molar-refractivity contribution in [3.63, 3.8) is 0 Å². The van der Waals surface area contributed by atoms with E-state index in [1.54, 1.807) is 48.5 Å². The van der Waals surface area contributed by atoms with Gasteiger partial charge in [0.15, 0.2) is 6.73 Å². The number of ether oxygens (including phenoxy) is 2. The van der Waals surface area contributed by atoms with Crippen LogP contribution in [-0.2, 0) is 11.3 Å². The molecule has 0 spiro atoms. The zero-order valence-corrected chi connectivity index (χ0v) is 11.2. The molecule has 0 aliphatic heterocycles. The van der Waals surface area contributed by atoms with Crippen molar-refractivity contribution in [2.45, 2.75) is 6.61 Å². The lowest BCUT2D eigenvalue weighted by molar-refractivity contribution is 0.0472. The second-order valence-electron chi connectivity index (χ2n) is 4.09. The Morgan fingerprint density at radius 2 is 1.81 bits per heavy atom. The van der Waals surface area contributed by atoms with Crippen LogP contribution in [0.2, 0.25) is 0 Å². The van der Waals surface area contributed by atoms with Gasteiger partial charge in [-0.15, -0.1) is 0 Å². The van der Waals surface area contributed by atoms with Gasteiger partial charge in [-0.05, 0) is 35.4 Å². The summed E-state index contributed by atoms with van der Waals surface area (Å²) in [6, 6.07) is 15.8. The standard InChI is InChI=1S/C15H13N3O3/c16-18-17-11-21-14-8-6-12(7-9-14)10-20-15(19)13-4-2-1-3-5-13/h1-9H,10-11H2. The fraction of sp³-hybridized carbons (Fsp3) is 0.133. The second-order valence-corrected chi connectivity index (χ2v) is 4.09. The minimum absolute atomic E-state index is 0.0567. The van der Waals surface area contributed by atoms with E-state index >= 15 is 0 Å². The van der Waals surface area contributed by atoms with Crippen LogP contribution in [0.25, 0.3) is 10.4 Å². The molecule has 2 aromatic carbocycles. The molecular weight excluding hydrogens is 270 g/mol. The van der Waals surface area contributed by atoms with Gasteiger partial charge < -0.3 is 9.47 Å². The number of azide groups is 1. The van der Waals surface area contributed by atoms with Crippen molar-refractivity contribution in [2.75, 3.05) is 6.73 Å². The molecule has 0 fully saturated rings. The van der Waals surface area contributed by atoms with Crippen molar-refractivity contribution in [1.29, 1.82) is 0 Å². The van der Waals surface area contributed by atoms with Gasteiger partial charge >= 0.3 is 5.97 Å². The summed E-state index contributed by atoms with van der Waals surface area (Å²) < 4.78 is 10.4. The Kier molecular flexibility index (Phi) is 5.20. The van der Waals surface area contributed by atoms with Crippen molar-refractivity contribution in [3.05, 3.63) is 76.2 Å². The molecule has 0 saturated carbocycles. The van der Waals surface area contributed by atoms with Crippen LogP contribution in [0.3, 0.4) is 0 Å². The molecule has 0 saturated heterocycles. The zero-order chi connectivity index (χ0) is 14.9. The number of carbonyl (C=O) groups is 1. The average molecular weight is 283 g/mol. The molecule has 0 bridgehead atoms. The van der Waals surface area contributed by atoms with Gasteiger partial charge in [0.1, 0.15) is 12.4 Å². The molecule has 0 aliphatic rings. The Bertz CT molecular complexity index is 635. The third-order valence-electron chi connectivity index (χ3n) is 2.65. The number of hydrogen-bond donors (Lipinski definition) is 0. The van der Waals surface area contributed by atoms with Gasteiger partial charge in [-0.2, -0.15) is 0 Å².